The molecule has 1 aromatic rings. The third-order valence-corrected chi connectivity index (χ3v) is 2.13. The van der Waals surface area contributed by atoms with Gasteiger partial charge in [-0.2, -0.15) is 0 Å². The standard InChI is InChI=1S/C11H14N2O3/c1-7-5-4-6-12-9(7)10(14)13-8(2)11(15)16-3/h4-6,8H,1-3H3,(H,13,14). The number of nitrogens with one attached hydrogen (secondary N) is 1. The summed E-state index contributed by atoms with van der Waals surface area (Å²) in [5, 5.41) is 2.51. The van der Waals surface area contributed by atoms with E-state index < -0.39 is 12.0 Å². The molecule has 0 radical (unpaired) electrons. The lowest BCUT2D eigenvalue weighted by Crippen LogP contribution is -2.39. The van der Waals surface area contributed by atoms with E-state index in [-0.39, 0.29) is 5.91 Å². The van der Waals surface area contributed by atoms with Gasteiger partial charge in [0, 0.05) is 6.20 Å². The Balaban J connectivity index is 2.73. The summed E-state index contributed by atoms with van der Waals surface area (Å²) in [5.74, 6) is -0.863. The van der Waals surface area contributed by atoms with Crippen molar-refractivity contribution < 1.29 is 14.3 Å². The number of methoxy groups -OCH3 is 1. The molecule has 0 bridgehead atoms. The number of aromatic nitrogens is 1. The maximum atomic E-state index is 11.7. The number of aryl methyl sites for hydroxylation is 1. The van der Waals surface area contributed by atoms with Crippen LogP contribution in [-0.2, 0) is 9.53 Å². The van der Waals surface area contributed by atoms with Crippen LogP contribution in [0, 0.1) is 6.92 Å². The molecule has 1 atom stereocenters. The van der Waals surface area contributed by atoms with Crippen molar-refractivity contribution in [3.8, 4) is 0 Å². The zero-order valence-corrected chi connectivity index (χ0v) is 9.48. The molecule has 1 heterocycles. The molecule has 5 heteroatoms. The zero-order chi connectivity index (χ0) is 12.1. The van der Waals surface area contributed by atoms with E-state index in [0.29, 0.717) is 5.69 Å². The summed E-state index contributed by atoms with van der Waals surface area (Å²) in [5.41, 5.74) is 1.08. The second-order valence-corrected chi connectivity index (χ2v) is 3.39. The molecular formula is C11H14N2O3. The van der Waals surface area contributed by atoms with E-state index >= 15 is 0 Å². The van der Waals surface area contributed by atoms with Crippen LogP contribution in [0.3, 0.4) is 0 Å². The van der Waals surface area contributed by atoms with Crippen LogP contribution in [-0.4, -0.2) is 30.0 Å². The number of carbonyl (C=O) groups is 2. The third kappa shape index (κ3) is 2.79. The number of hydrogen-bond acceptors (Lipinski definition) is 4. The molecule has 16 heavy (non-hydrogen) atoms. The molecule has 1 aromatic heterocycles. The Labute approximate surface area is 93.8 Å². The maximum Gasteiger partial charge on any atom is 0.328 e. The van der Waals surface area contributed by atoms with Gasteiger partial charge in [0.1, 0.15) is 11.7 Å². The molecule has 1 unspecified atom stereocenters. The van der Waals surface area contributed by atoms with Gasteiger partial charge in [0.25, 0.3) is 5.91 Å². The smallest absolute Gasteiger partial charge is 0.328 e. The van der Waals surface area contributed by atoms with E-state index in [4.69, 9.17) is 0 Å². The van der Waals surface area contributed by atoms with Gasteiger partial charge < -0.3 is 10.1 Å². The number of ether oxygens (including phenoxy) is 1. The van der Waals surface area contributed by atoms with Gasteiger partial charge in [-0.1, -0.05) is 6.07 Å². The largest absolute Gasteiger partial charge is 0.467 e. The Morgan fingerprint density at radius 1 is 1.50 bits per heavy atom. The number of esters is 1. The Hall–Kier alpha value is -1.91. The van der Waals surface area contributed by atoms with E-state index in [1.54, 1.807) is 26.0 Å². The molecule has 0 fully saturated rings. The van der Waals surface area contributed by atoms with Crippen molar-refractivity contribution in [1.29, 1.82) is 0 Å². The number of carbonyl (C=O) groups excluding carboxylic acids is 2. The topological polar surface area (TPSA) is 68.3 Å². The van der Waals surface area contributed by atoms with Crippen molar-refractivity contribution in [1.82, 2.24) is 10.3 Å². The van der Waals surface area contributed by atoms with Gasteiger partial charge in [0.05, 0.1) is 7.11 Å². The zero-order valence-electron chi connectivity index (χ0n) is 9.48. The van der Waals surface area contributed by atoms with E-state index in [1.165, 1.54) is 13.3 Å². The van der Waals surface area contributed by atoms with Crippen LogP contribution in [0.1, 0.15) is 23.0 Å². The maximum absolute atomic E-state index is 11.7. The second-order valence-electron chi connectivity index (χ2n) is 3.39. The van der Waals surface area contributed by atoms with Gasteiger partial charge in [-0.05, 0) is 25.5 Å². The summed E-state index contributed by atoms with van der Waals surface area (Å²) >= 11 is 0. The first kappa shape index (κ1) is 12.2. The van der Waals surface area contributed by atoms with Crippen LogP contribution in [0.15, 0.2) is 18.3 Å². The fourth-order valence-corrected chi connectivity index (χ4v) is 1.22. The van der Waals surface area contributed by atoms with Crippen LogP contribution in [0.25, 0.3) is 0 Å². The first-order valence-electron chi connectivity index (χ1n) is 4.86. The molecule has 0 aromatic carbocycles. The summed E-state index contributed by atoms with van der Waals surface area (Å²) in [6.45, 7) is 3.34. The monoisotopic (exact) mass is 222 g/mol. The number of amides is 1. The second kappa shape index (κ2) is 5.25. The van der Waals surface area contributed by atoms with E-state index in [9.17, 15) is 9.59 Å². The van der Waals surface area contributed by atoms with Gasteiger partial charge in [0.15, 0.2) is 0 Å². The van der Waals surface area contributed by atoms with Gasteiger partial charge in [-0.25, -0.2) is 4.79 Å². The molecule has 0 aliphatic rings. The lowest BCUT2D eigenvalue weighted by atomic mass is 10.2. The van der Waals surface area contributed by atoms with E-state index in [1.807, 2.05) is 0 Å². The molecule has 1 rings (SSSR count). The van der Waals surface area contributed by atoms with E-state index in [2.05, 4.69) is 15.0 Å². The Bertz CT molecular complexity index is 404. The number of rotatable bonds is 3. The van der Waals surface area contributed by atoms with Crippen molar-refractivity contribution in [2.45, 2.75) is 19.9 Å². The van der Waals surface area contributed by atoms with Crippen molar-refractivity contribution in [2.24, 2.45) is 0 Å². The van der Waals surface area contributed by atoms with Crippen LogP contribution in [0.2, 0.25) is 0 Å². The van der Waals surface area contributed by atoms with Crippen molar-refractivity contribution in [2.75, 3.05) is 7.11 Å². The third-order valence-electron chi connectivity index (χ3n) is 2.13. The van der Waals surface area contributed by atoms with Crippen LogP contribution in [0.4, 0.5) is 0 Å². The summed E-state index contributed by atoms with van der Waals surface area (Å²) in [6, 6.07) is 2.85. The van der Waals surface area contributed by atoms with E-state index in [0.717, 1.165) is 5.56 Å². The lowest BCUT2D eigenvalue weighted by Gasteiger charge is -2.11. The summed E-state index contributed by atoms with van der Waals surface area (Å²) in [7, 11) is 1.27. The quantitative estimate of drug-likeness (QED) is 0.764. The summed E-state index contributed by atoms with van der Waals surface area (Å²) in [6.07, 6.45) is 1.53. The molecule has 0 saturated heterocycles. The normalized spacial score (nSPS) is 11.7. The highest BCUT2D eigenvalue weighted by Crippen LogP contribution is 2.03. The van der Waals surface area contributed by atoms with Crippen molar-refractivity contribution >= 4 is 11.9 Å². The molecule has 0 saturated carbocycles. The predicted octanol–water partition coefficient (Wildman–Crippen LogP) is 0.681. The van der Waals surface area contributed by atoms with Crippen molar-refractivity contribution in [3.63, 3.8) is 0 Å². The van der Waals surface area contributed by atoms with Crippen LogP contribution < -0.4 is 5.32 Å². The molecule has 0 aliphatic carbocycles. The first-order valence-corrected chi connectivity index (χ1v) is 4.86. The van der Waals surface area contributed by atoms with Gasteiger partial charge >= 0.3 is 5.97 Å². The highest BCUT2D eigenvalue weighted by Gasteiger charge is 2.18. The fraction of sp³-hybridized carbons (Fsp3) is 0.364. The number of nitrogens with zero attached hydrogens (tertiary/aromatic N) is 1. The predicted molar refractivity (Wildman–Crippen MR) is 57.9 cm³/mol. The Morgan fingerprint density at radius 3 is 2.75 bits per heavy atom. The summed E-state index contributed by atoms with van der Waals surface area (Å²) < 4.78 is 4.50. The first-order chi connectivity index (χ1) is 7.56. The van der Waals surface area contributed by atoms with Gasteiger partial charge in [-0.3, -0.25) is 9.78 Å². The summed E-state index contributed by atoms with van der Waals surface area (Å²) in [4.78, 5) is 26.8. The highest BCUT2D eigenvalue weighted by molar-refractivity contribution is 5.96. The number of hydrogen-bond donors (Lipinski definition) is 1. The number of pyridine rings is 1. The van der Waals surface area contributed by atoms with Crippen molar-refractivity contribution in [3.05, 3.63) is 29.6 Å². The molecule has 5 nitrogen and oxygen atoms in total. The Kier molecular flexibility index (Phi) is 3.99. The fourth-order valence-electron chi connectivity index (χ4n) is 1.22. The lowest BCUT2D eigenvalue weighted by molar-refractivity contribution is -0.142. The van der Waals surface area contributed by atoms with Crippen LogP contribution >= 0.6 is 0 Å². The molecule has 0 aliphatic heterocycles. The van der Waals surface area contributed by atoms with Gasteiger partial charge in [0.2, 0.25) is 0 Å². The minimum atomic E-state index is -0.682. The Morgan fingerprint density at radius 2 is 2.19 bits per heavy atom. The molecule has 1 amide bonds. The molecule has 1 N–H and O–H groups in total. The van der Waals surface area contributed by atoms with Crippen LogP contribution in [0.5, 0.6) is 0 Å². The SMILES string of the molecule is COC(=O)C(C)NC(=O)c1ncccc1C. The molecular weight excluding hydrogens is 208 g/mol. The molecule has 0 spiro atoms. The average molecular weight is 222 g/mol. The minimum absolute atomic E-state index is 0.318. The van der Waals surface area contributed by atoms with Gasteiger partial charge in [-0.15, -0.1) is 0 Å². The highest BCUT2D eigenvalue weighted by atomic mass is 16.5. The average Bonchev–Trinajstić information content (AvgIpc) is 2.28. The molecule has 86 valence electrons. The minimum Gasteiger partial charge on any atom is -0.467 e.